The SMILES string of the molecule is Cn1cc(O)nc1-c1cccnc1. The van der Waals surface area contributed by atoms with Gasteiger partial charge in [0.25, 0.3) is 0 Å². The second kappa shape index (κ2) is 2.90. The number of hydrogen-bond donors (Lipinski definition) is 1. The molecule has 0 spiro atoms. The lowest BCUT2D eigenvalue weighted by atomic mass is 10.3. The van der Waals surface area contributed by atoms with Crippen molar-refractivity contribution in [1.29, 1.82) is 0 Å². The molecule has 0 radical (unpaired) electrons. The normalized spacial score (nSPS) is 10.2. The van der Waals surface area contributed by atoms with Crippen LogP contribution in [0.15, 0.2) is 30.7 Å². The third kappa shape index (κ3) is 1.38. The average molecular weight is 175 g/mol. The highest BCUT2D eigenvalue weighted by Crippen LogP contribution is 2.18. The van der Waals surface area contributed by atoms with Gasteiger partial charge in [-0.15, -0.1) is 0 Å². The number of rotatable bonds is 1. The molecule has 0 fully saturated rings. The monoisotopic (exact) mass is 175 g/mol. The van der Waals surface area contributed by atoms with Gasteiger partial charge in [-0.1, -0.05) is 0 Å². The Balaban J connectivity index is 2.53. The fourth-order valence-electron chi connectivity index (χ4n) is 1.21. The minimum atomic E-state index is 0.0290. The third-order valence-corrected chi connectivity index (χ3v) is 1.78. The number of aryl methyl sites for hydroxylation is 1. The van der Waals surface area contributed by atoms with Gasteiger partial charge in [-0.05, 0) is 12.1 Å². The Hall–Kier alpha value is -1.84. The van der Waals surface area contributed by atoms with E-state index in [1.54, 1.807) is 23.2 Å². The molecule has 0 aromatic carbocycles. The zero-order valence-corrected chi connectivity index (χ0v) is 7.18. The quantitative estimate of drug-likeness (QED) is 0.708. The molecule has 0 unspecified atom stereocenters. The summed E-state index contributed by atoms with van der Waals surface area (Å²) in [6.45, 7) is 0. The van der Waals surface area contributed by atoms with Crippen LogP contribution in [-0.4, -0.2) is 19.6 Å². The van der Waals surface area contributed by atoms with E-state index in [0.717, 1.165) is 5.56 Å². The Kier molecular flexibility index (Phi) is 1.73. The number of aromatic hydroxyl groups is 1. The van der Waals surface area contributed by atoms with Crippen LogP contribution in [0.2, 0.25) is 0 Å². The van der Waals surface area contributed by atoms with Gasteiger partial charge in [0.2, 0.25) is 5.88 Å². The minimum absolute atomic E-state index is 0.0290. The molecule has 2 heterocycles. The number of hydrogen-bond acceptors (Lipinski definition) is 3. The molecule has 0 bridgehead atoms. The summed E-state index contributed by atoms with van der Waals surface area (Å²) < 4.78 is 1.76. The predicted octanol–water partition coefficient (Wildman–Crippen LogP) is 1.19. The Labute approximate surface area is 75.5 Å². The second-order valence-corrected chi connectivity index (χ2v) is 2.78. The first-order valence-corrected chi connectivity index (χ1v) is 3.90. The number of aromatic nitrogens is 3. The maximum Gasteiger partial charge on any atom is 0.229 e. The summed E-state index contributed by atoms with van der Waals surface area (Å²) in [7, 11) is 1.83. The van der Waals surface area contributed by atoms with Crippen LogP contribution in [0.4, 0.5) is 0 Å². The lowest BCUT2D eigenvalue weighted by Crippen LogP contribution is -1.90. The van der Waals surface area contributed by atoms with E-state index in [4.69, 9.17) is 5.11 Å². The first kappa shape index (κ1) is 7.79. The molecule has 4 heteroatoms. The summed E-state index contributed by atoms with van der Waals surface area (Å²) in [5.41, 5.74) is 0.894. The lowest BCUT2D eigenvalue weighted by Gasteiger charge is -1.98. The van der Waals surface area contributed by atoms with Crippen molar-refractivity contribution >= 4 is 0 Å². The minimum Gasteiger partial charge on any atom is -0.492 e. The molecule has 66 valence electrons. The molecule has 2 rings (SSSR count). The van der Waals surface area contributed by atoms with Crippen LogP contribution < -0.4 is 0 Å². The van der Waals surface area contributed by atoms with Gasteiger partial charge in [-0.2, -0.15) is 4.98 Å². The Bertz CT molecular complexity index is 408. The van der Waals surface area contributed by atoms with Crippen LogP contribution in [-0.2, 0) is 7.05 Å². The van der Waals surface area contributed by atoms with Crippen molar-refractivity contribution in [3.8, 4) is 17.3 Å². The van der Waals surface area contributed by atoms with E-state index >= 15 is 0 Å². The van der Waals surface area contributed by atoms with Gasteiger partial charge in [0.15, 0.2) is 0 Å². The van der Waals surface area contributed by atoms with Gasteiger partial charge in [0.1, 0.15) is 5.82 Å². The first-order chi connectivity index (χ1) is 6.27. The molecule has 0 aliphatic carbocycles. The van der Waals surface area contributed by atoms with Crippen molar-refractivity contribution in [2.75, 3.05) is 0 Å². The molecule has 1 N–H and O–H groups in total. The standard InChI is InChI=1S/C9H9N3O/c1-12-6-8(13)11-9(12)7-3-2-4-10-5-7/h2-6,13H,1H3. The zero-order chi connectivity index (χ0) is 9.26. The fraction of sp³-hybridized carbons (Fsp3) is 0.111. The second-order valence-electron chi connectivity index (χ2n) is 2.78. The molecule has 0 amide bonds. The van der Waals surface area contributed by atoms with E-state index in [1.807, 2.05) is 19.2 Å². The molecule has 0 saturated carbocycles. The lowest BCUT2D eigenvalue weighted by molar-refractivity contribution is 0.456. The molecule has 2 aromatic rings. The van der Waals surface area contributed by atoms with Crippen molar-refractivity contribution in [3.63, 3.8) is 0 Å². The van der Waals surface area contributed by atoms with Gasteiger partial charge in [0.05, 0.1) is 6.20 Å². The topological polar surface area (TPSA) is 50.9 Å². The van der Waals surface area contributed by atoms with Crippen molar-refractivity contribution in [3.05, 3.63) is 30.7 Å². The molecule has 0 aliphatic rings. The van der Waals surface area contributed by atoms with Crippen LogP contribution in [0.3, 0.4) is 0 Å². The largest absolute Gasteiger partial charge is 0.492 e. The van der Waals surface area contributed by atoms with E-state index in [9.17, 15) is 0 Å². The van der Waals surface area contributed by atoms with Crippen LogP contribution in [0.1, 0.15) is 0 Å². The van der Waals surface area contributed by atoms with Crippen molar-refractivity contribution in [1.82, 2.24) is 14.5 Å². The smallest absolute Gasteiger partial charge is 0.229 e. The summed E-state index contributed by atoms with van der Waals surface area (Å²) in [6, 6.07) is 3.73. The third-order valence-electron chi connectivity index (χ3n) is 1.78. The maximum atomic E-state index is 9.14. The summed E-state index contributed by atoms with van der Waals surface area (Å²) >= 11 is 0. The highest BCUT2D eigenvalue weighted by atomic mass is 16.3. The molecule has 0 aliphatic heterocycles. The number of pyridine rings is 1. The van der Waals surface area contributed by atoms with Gasteiger partial charge < -0.3 is 9.67 Å². The van der Waals surface area contributed by atoms with Crippen molar-refractivity contribution < 1.29 is 5.11 Å². The molecule has 2 aromatic heterocycles. The molecule has 13 heavy (non-hydrogen) atoms. The van der Waals surface area contributed by atoms with Crippen LogP contribution in [0.25, 0.3) is 11.4 Å². The average Bonchev–Trinajstić information content (AvgIpc) is 2.47. The molecular formula is C9H9N3O. The van der Waals surface area contributed by atoms with Crippen LogP contribution >= 0.6 is 0 Å². The zero-order valence-electron chi connectivity index (χ0n) is 7.18. The molecule has 4 nitrogen and oxygen atoms in total. The summed E-state index contributed by atoms with van der Waals surface area (Å²) in [4.78, 5) is 7.94. The van der Waals surface area contributed by atoms with Gasteiger partial charge in [-0.25, -0.2) is 0 Å². The Morgan fingerprint density at radius 3 is 2.85 bits per heavy atom. The maximum absolute atomic E-state index is 9.14. The van der Waals surface area contributed by atoms with Gasteiger partial charge >= 0.3 is 0 Å². The van der Waals surface area contributed by atoms with Crippen molar-refractivity contribution in [2.45, 2.75) is 0 Å². The van der Waals surface area contributed by atoms with Crippen LogP contribution in [0.5, 0.6) is 5.88 Å². The van der Waals surface area contributed by atoms with E-state index in [2.05, 4.69) is 9.97 Å². The van der Waals surface area contributed by atoms with Gasteiger partial charge in [-0.3, -0.25) is 4.98 Å². The van der Waals surface area contributed by atoms with E-state index in [0.29, 0.717) is 5.82 Å². The summed E-state index contributed by atoms with van der Waals surface area (Å²) in [5.74, 6) is 0.743. The predicted molar refractivity (Wildman–Crippen MR) is 48.1 cm³/mol. The van der Waals surface area contributed by atoms with E-state index in [1.165, 1.54) is 0 Å². The van der Waals surface area contributed by atoms with Crippen LogP contribution in [0, 0.1) is 0 Å². The number of imidazole rings is 1. The molecular weight excluding hydrogens is 166 g/mol. The Morgan fingerprint density at radius 2 is 2.31 bits per heavy atom. The van der Waals surface area contributed by atoms with Gasteiger partial charge in [0, 0.05) is 25.0 Å². The molecule has 0 atom stereocenters. The summed E-state index contributed by atoms with van der Waals surface area (Å²) in [5, 5.41) is 9.14. The van der Waals surface area contributed by atoms with E-state index in [-0.39, 0.29) is 5.88 Å². The molecule has 0 saturated heterocycles. The number of nitrogens with zero attached hydrogens (tertiary/aromatic N) is 3. The van der Waals surface area contributed by atoms with Crippen molar-refractivity contribution in [2.24, 2.45) is 7.05 Å². The Morgan fingerprint density at radius 1 is 1.46 bits per heavy atom. The summed E-state index contributed by atoms with van der Waals surface area (Å²) in [6.07, 6.45) is 4.97. The fourth-order valence-corrected chi connectivity index (χ4v) is 1.21. The van der Waals surface area contributed by atoms with E-state index < -0.39 is 0 Å². The highest BCUT2D eigenvalue weighted by Gasteiger charge is 2.05. The first-order valence-electron chi connectivity index (χ1n) is 3.90. The highest BCUT2D eigenvalue weighted by molar-refractivity contribution is 5.54.